The van der Waals surface area contributed by atoms with Gasteiger partial charge in [0.25, 0.3) is 0 Å². The van der Waals surface area contributed by atoms with E-state index in [0.29, 0.717) is 57.4 Å². The monoisotopic (exact) mass is 472 g/mol. The Bertz CT molecular complexity index is 1560. The van der Waals surface area contributed by atoms with Crippen molar-refractivity contribution in [2.75, 3.05) is 11.5 Å². The van der Waals surface area contributed by atoms with Crippen molar-refractivity contribution in [2.24, 2.45) is 0 Å². The molecular formula is C30H20N2O4. The summed E-state index contributed by atoms with van der Waals surface area (Å²) in [5, 5.41) is 0. The summed E-state index contributed by atoms with van der Waals surface area (Å²) < 4.78 is 24.7. The highest BCUT2D eigenvalue weighted by atomic mass is 16.6. The number of ether oxygens (including phenoxy) is 4. The van der Waals surface area contributed by atoms with Crippen LogP contribution in [0.4, 0.5) is 11.4 Å². The van der Waals surface area contributed by atoms with E-state index in [0.717, 1.165) is 22.3 Å². The Morgan fingerprint density at radius 1 is 0.389 bits per heavy atom. The van der Waals surface area contributed by atoms with E-state index in [4.69, 9.17) is 30.4 Å². The topological polar surface area (TPSA) is 89.0 Å². The number of rotatable bonds is 2. The fourth-order valence-corrected chi connectivity index (χ4v) is 4.59. The normalized spacial score (nSPS) is 12.4. The largest absolute Gasteiger partial charge is 0.449 e. The van der Waals surface area contributed by atoms with E-state index in [1.165, 1.54) is 0 Å². The molecule has 2 aliphatic rings. The Kier molecular flexibility index (Phi) is 4.35. The maximum atomic E-state index is 6.27. The molecule has 6 heteroatoms. The minimum absolute atomic E-state index is 0.573. The summed E-state index contributed by atoms with van der Waals surface area (Å²) in [5.41, 5.74) is 17.1. The summed E-state index contributed by atoms with van der Waals surface area (Å²) in [6.45, 7) is 0. The first-order chi connectivity index (χ1) is 17.6. The highest BCUT2D eigenvalue weighted by Gasteiger charge is 2.25. The smallest absolute Gasteiger partial charge is 0.178 e. The van der Waals surface area contributed by atoms with Crippen molar-refractivity contribution < 1.29 is 18.9 Å². The molecule has 5 aromatic rings. The molecule has 7 rings (SSSR count). The Morgan fingerprint density at radius 2 is 0.806 bits per heavy atom. The van der Waals surface area contributed by atoms with Gasteiger partial charge in [-0.1, -0.05) is 42.5 Å². The lowest BCUT2D eigenvalue weighted by atomic mass is 9.96. The van der Waals surface area contributed by atoms with Crippen LogP contribution in [0.1, 0.15) is 0 Å². The van der Waals surface area contributed by atoms with Crippen LogP contribution in [0, 0.1) is 0 Å². The maximum absolute atomic E-state index is 6.27. The second kappa shape index (κ2) is 7.71. The Balaban J connectivity index is 1.35. The van der Waals surface area contributed by atoms with Gasteiger partial charge < -0.3 is 30.4 Å². The molecule has 0 fully saturated rings. The average molecular weight is 473 g/mol. The van der Waals surface area contributed by atoms with Crippen LogP contribution in [0.2, 0.25) is 0 Å². The van der Waals surface area contributed by atoms with Crippen LogP contribution in [0.25, 0.3) is 22.3 Å². The van der Waals surface area contributed by atoms with Crippen molar-refractivity contribution in [3.63, 3.8) is 0 Å². The molecule has 2 heterocycles. The summed E-state index contributed by atoms with van der Waals surface area (Å²) >= 11 is 0. The Hall–Kier alpha value is -5.10. The van der Waals surface area contributed by atoms with Gasteiger partial charge in [0, 0.05) is 34.6 Å². The van der Waals surface area contributed by atoms with Gasteiger partial charge in [-0.2, -0.15) is 0 Å². The summed E-state index contributed by atoms with van der Waals surface area (Å²) in [6, 6.07) is 30.5. The van der Waals surface area contributed by atoms with Crippen LogP contribution < -0.4 is 30.4 Å². The van der Waals surface area contributed by atoms with Crippen LogP contribution in [-0.4, -0.2) is 0 Å². The lowest BCUT2D eigenvalue weighted by Gasteiger charge is -2.24. The van der Waals surface area contributed by atoms with E-state index < -0.39 is 0 Å². The molecule has 4 N–H and O–H groups in total. The Morgan fingerprint density at radius 3 is 1.25 bits per heavy atom. The minimum Gasteiger partial charge on any atom is -0.449 e. The molecule has 6 nitrogen and oxygen atoms in total. The predicted octanol–water partition coefficient (Wildman–Crippen LogP) is 7.98. The predicted molar refractivity (Wildman–Crippen MR) is 139 cm³/mol. The van der Waals surface area contributed by atoms with Crippen LogP contribution in [0.3, 0.4) is 0 Å². The number of benzene rings is 5. The quantitative estimate of drug-likeness (QED) is 0.248. The fraction of sp³-hybridized carbons (Fsp3) is 0. The van der Waals surface area contributed by atoms with E-state index in [2.05, 4.69) is 6.07 Å². The molecule has 0 saturated heterocycles. The van der Waals surface area contributed by atoms with Gasteiger partial charge in [0.05, 0.1) is 0 Å². The van der Waals surface area contributed by atoms with Gasteiger partial charge >= 0.3 is 0 Å². The molecule has 2 aliphatic heterocycles. The van der Waals surface area contributed by atoms with Gasteiger partial charge in [0.1, 0.15) is 0 Å². The third kappa shape index (κ3) is 3.27. The standard InChI is InChI=1S/C30H20N2O4/c31-19-13-21(29-27(15-19)33-23-8-1-3-10-25(23)35-29)17-6-5-7-18(12-17)22-14-20(32)16-28-30(22)36-26-11-4-2-9-24(26)34-28/h1-16H,31-32H2. The summed E-state index contributed by atoms with van der Waals surface area (Å²) in [4.78, 5) is 0. The fourth-order valence-electron chi connectivity index (χ4n) is 4.59. The molecule has 0 atom stereocenters. The van der Waals surface area contributed by atoms with Crippen LogP contribution in [0.15, 0.2) is 97.1 Å². The van der Waals surface area contributed by atoms with E-state index in [1.807, 2.05) is 78.9 Å². The van der Waals surface area contributed by atoms with Crippen LogP contribution in [-0.2, 0) is 0 Å². The first-order valence-corrected chi connectivity index (χ1v) is 11.5. The zero-order chi connectivity index (χ0) is 24.2. The molecule has 0 amide bonds. The zero-order valence-corrected chi connectivity index (χ0v) is 19.0. The molecule has 36 heavy (non-hydrogen) atoms. The third-order valence-corrected chi connectivity index (χ3v) is 6.20. The maximum Gasteiger partial charge on any atom is 0.178 e. The van der Waals surface area contributed by atoms with Gasteiger partial charge in [0.2, 0.25) is 0 Å². The van der Waals surface area contributed by atoms with E-state index in [9.17, 15) is 0 Å². The number of nitrogen functional groups attached to an aromatic ring is 2. The molecule has 174 valence electrons. The highest BCUT2D eigenvalue weighted by molar-refractivity contribution is 5.85. The SMILES string of the molecule is Nc1cc2c(c(-c3cccc(-c4cc(N)cc5c4Oc4ccccc4O5)c3)c1)Oc1ccccc1O2. The number of nitrogens with two attached hydrogens (primary N) is 2. The summed E-state index contributed by atoms with van der Waals surface area (Å²) in [6.07, 6.45) is 0. The minimum atomic E-state index is 0.573. The van der Waals surface area contributed by atoms with E-state index in [-0.39, 0.29) is 0 Å². The van der Waals surface area contributed by atoms with Crippen LogP contribution in [0.5, 0.6) is 46.0 Å². The number of anilines is 2. The number of hydrogen-bond donors (Lipinski definition) is 2. The molecule has 0 aliphatic carbocycles. The first-order valence-electron chi connectivity index (χ1n) is 11.5. The van der Waals surface area contributed by atoms with Crippen molar-refractivity contribution in [1.29, 1.82) is 0 Å². The average Bonchev–Trinajstić information content (AvgIpc) is 2.90. The van der Waals surface area contributed by atoms with Gasteiger partial charge in [-0.25, -0.2) is 0 Å². The molecule has 0 saturated carbocycles. The highest BCUT2D eigenvalue weighted by Crippen LogP contribution is 2.53. The van der Waals surface area contributed by atoms with Crippen molar-refractivity contribution in [3.8, 4) is 68.2 Å². The molecule has 0 bridgehead atoms. The molecule has 0 spiro atoms. The van der Waals surface area contributed by atoms with Crippen molar-refractivity contribution in [1.82, 2.24) is 0 Å². The van der Waals surface area contributed by atoms with Gasteiger partial charge in [-0.05, 0) is 53.6 Å². The lowest BCUT2D eigenvalue weighted by molar-refractivity contribution is 0.361. The van der Waals surface area contributed by atoms with Crippen molar-refractivity contribution >= 4 is 11.4 Å². The number of fused-ring (bicyclic) bond motifs is 4. The zero-order valence-electron chi connectivity index (χ0n) is 19.0. The molecule has 0 unspecified atom stereocenters. The summed E-state index contributed by atoms with van der Waals surface area (Å²) in [5.74, 6) is 4.99. The Labute approximate surface area is 207 Å². The number of hydrogen-bond acceptors (Lipinski definition) is 6. The van der Waals surface area contributed by atoms with Crippen molar-refractivity contribution in [2.45, 2.75) is 0 Å². The number of para-hydroxylation sites is 4. The van der Waals surface area contributed by atoms with E-state index >= 15 is 0 Å². The van der Waals surface area contributed by atoms with Gasteiger partial charge in [-0.3, -0.25) is 0 Å². The second-order valence-electron chi connectivity index (χ2n) is 8.67. The van der Waals surface area contributed by atoms with Gasteiger partial charge in [-0.15, -0.1) is 0 Å². The molecule has 0 radical (unpaired) electrons. The third-order valence-electron chi connectivity index (χ3n) is 6.20. The molecular weight excluding hydrogens is 452 g/mol. The van der Waals surface area contributed by atoms with Crippen molar-refractivity contribution in [3.05, 3.63) is 97.1 Å². The second-order valence-corrected chi connectivity index (χ2v) is 8.67. The lowest BCUT2D eigenvalue weighted by Crippen LogP contribution is -2.02. The molecule has 0 aromatic heterocycles. The van der Waals surface area contributed by atoms with E-state index in [1.54, 1.807) is 12.1 Å². The first kappa shape index (κ1) is 20.3. The van der Waals surface area contributed by atoms with Crippen LogP contribution >= 0.6 is 0 Å². The van der Waals surface area contributed by atoms with Gasteiger partial charge in [0.15, 0.2) is 46.0 Å². The summed E-state index contributed by atoms with van der Waals surface area (Å²) in [7, 11) is 0. The molecule has 5 aromatic carbocycles.